The van der Waals surface area contributed by atoms with E-state index < -0.39 is 5.54 Å². The molecule has 0 saturated heterocycles. The summed E-state index contributed by atoms with van der Waals surface area (Å²) in [7, 11) is 0. The highest BCUT2D eigenvalue weighted by molar-refractivity contribution is 5.13. The van der Waals surface area contributed by atoms with Crippen molar-refractivity contribution >= 4 is 0 Å². The molecule has 2 saturated carbocycles. The summed E-state index contributed by atoms with van der Waals surface area (Å²) in [6, 6.07) is 0.386. The molecule has 4 nitrogen and oxygen atoms in total. The first kappa shape index (κ1) is 13.3. The van der Waals surface area contributed by atoms with Gasteiger partial charge >= 0.3 is 0 Å². The lowest BCUT2D eigenvalue weighted by Gasteiger charge is -2.62. The van der Waals surface area contributed by atoms with E-state index in [0.29, 0.717) is 12.1 Å². The van der Waals surface area contributed by atoms with Crippen LogP contribution in [0.2, 0.25) is 0 Å². The molecular formula is C13H25NO3. The highest BCUT2D eigenvalue weighted by atomic mass is 16.5. The van der Waals surface area contributed by atoms with Gasteiger partial charge in [-0.2, -0.15) is 0 Å². The molecule has 0 aromatic carbocycles. The quantitative estimate of drug-likeness (QED) is 0.641. The summed E-state index contributed by atoms with van der Waals surface area (Å²) in [5.41, 5.74) is -0.286. The van der Waals surface area contributed by atoms with Gasteiger partial charge in [0.2, 0.25) is 0 Å². The standard InChI is InChI=1S/C13H25NO3/c1-3-17-11-7-10(13(11)5-4-6-13)14-12(2,8-15)9-16/h10-11,14-16H,3-9H2,1-2H3. The topological polar surface area (TPSA) is 61.7 Å². The van der Waals surface area contributed by atoms with Crippen molar-refractivity contribution in [3.05, 3.63) is 0 Å². The van der Waals surface area contributed by atoms with E-state index in [1.165, 1.54) is 19.3 Å². The number of aliphatic hydroxyl groups is 2. The fraction of sp³-hybridized carbons (Fsp3) is 1.00. The zero-order valence-electron chi connectivity index (χ0n) is 10.9. The second-order valence-corrected chi connectivity index (χ2v) is 5.84. The molecule has 2 rings (SSSR count). The van der Waals surface area contributed by atoms with Crippen molar-refractivity contribution in [3.63, 3.8) is 0 Å². The van der Waals surface area contributed by atoms with Gasteiger partial charge < -0.3 is 20.3 Å². The molecule has 2 aliphatic carbocycles. The van der Waals surface area contributed by atoms with Gasteiger partial charge in [-0.1, -0.05) is 6.42 Å². The largest absolute Gasteiger partial charge is 0.394 e. The summed E-state index contributed by atoms with van der Waals surface area (Å²) >= 11 is 0. The highest BCUT2D eigenvalue weighted by Gasteiger charge is 2.59. The van der Waals surface area contributed by atoms with Gasteiger partial charge in [-0.3, -0.25) is 0 Å². The highest BCUT2D eigenvalue weighted by Crippen LogP contribution is 2.57. The zero-order chi connectivity index (χ0) is 12.5. The fourth-order valence-corrected chi connectivity index (χ4v) is 3.20. The average Bonchev–Trinajstić information content (AvgIpc) is 2.25. The molecule has 1 spiro atoms. The average molecular weight is 243 g/mol. The first-order valence-corrected chi connectivity index (χ1v) is 6.71. The van der Waals surface area contributed by atoms with Crippen molar-refractivity contribution in [2.75, 3.05) is 19.8 Å². The molecule has 4 heteroatoms. The maximum Gasteiger partial charge on any atom is 0.0661 e. The lowest BCUT2D eigenvalue weighted by atomic mass is 9.50. The molecule has 3 N–H and O–H groups in total. The Morgan fingerprint density at radius 2 is 2.00 bits per heavy atom. The molecule has 0 heterocycles. The molecular weight excluding hydrogens is 218 g/mol. The number of rotatable bonds is 6. The van der Waals surface area contributed by atoms with Crippen LogP contribution in [0, 0.1) is 5.41 Å². The number of hydrogen-bond donors (Lipinski definition) is 3. The minimum Gasteiger partial charge on any atom is -0.394 e. The Bertz CT molecular complexity index is 261. The summed E-state index contributed by atoms with van der Waals surface area (Å²) in [6.45, 7) is 4.62. The maximum absolute atomic E-state index is 9.33. The van der Waals surface area contributed by atoms with Gasteiger partial charge in [-0.05, 0) is 33.1 Å². The molecule has 0 bridgehead atoms. The van der Waals surface area contributed by atoms with E-state index in [9.17, 15) is 10.2 Å². The summed E-state index contributed by atoms with van der Waals surface area (Å²) < 4.78 is 5.78. The Morgan fingerprint density at radius 1 is 1.35 bits per heavy atom. The Labute approximate surface area is 103 Å². The lowest BCUT2D eigenvalue weighted by molar-refractivity contribution is -0.180. The van der Waals surface area contributed by atoms with Gasteiger partial charge in [-0.25, -0.2) is 0 Å². The first-order chi connectivity index (χ1) is 8.10. The molecule has 0 aromatic heterocycles. The van der Waals surface area contributed by atoms with E-state index in [1.54, 1.807) is 0 Å². The SMILES string of the molecule is CCOC1CC(NC(C)(CO)CO)C12CCC2. The van der Waals surface area contributed by atoms with E-state index in [0.717, 1.165) is 13.0 Å². The number of aliphatic hydroxyl groups excluding tert-OH is 2. The molecule has 0 aromatic rings. The number of ether oxygens (including phenoxy) is 1. The van der Waals surface area contributed by atoms with E-state index >= 15 is 0 Å². The molecule has 17 heavy (non-hydrogen) atoms. The van der Waals surface area contributed by atoms with Crippen LogP contribution in [0.5, 0.6) is 0 Å². The molecule has 0 amide bonds. The fourth-order valence-electron chi connectivity index (χ4n) is 3.20. The number of nitrogens with one attached hydrogen (secondary N) is 1. The van der Waals surface area contributed by atoms with Crippen LogP contribution in [0.3, 0.4) is 0 Å². The molecule has 0 aliphatic heterocycles. The molecule has 0 radical (unpaired) electrons. The molecule has 2 fully saturated rings. The van der Waals surface area contributed by atoms with Gasteiger partial charge in [0.05, 0.1) is 24.9 Å². The Balaban J connectivity index is 1.95. The van der Waals surface area contributed by atoms with Gasteiger partial charge in [0.25, 0.3) is 0 Å². The minimum absolute atomic E-state index is 0.0324. The molecule has 2 atom stereocenters. The number of hydrogen-bond acceptors (Lipinski definition) is 4. The monoisotopic (exact) mass is 243 g/mol. The maximum atomic E-state index is 9.33. The van der Waals surface area contributed by atoms with Crippen molar-refractivity contribution in [2.24, 2.45) is 5.41 Å². The van der Waals surface area contributed by atoms with Gasteiger partial charge in [0, 0.05) is 18.1 Å². The van der Waals surface area contributed by atoms with Gasteiger partial charge in [0.15, 0.2) is 0 Å². The van der Waals surface area contributed by atoms with Crippen LogP contribution in [0.25, 0.3) is 0 Å². The van der Waals surface area contributed by atoms with Gasteiger partial charge in [0.1, 0.15) is 0 Å². The molecule has 2 unspecified atom stereocenters. The van der Waals surface area contributed by atoms with Crippen molar-refractivity contribution < 1.29 is 14.9 Å². The van der Waals surface area contributed by atoms with E-state index in [2.05, 4.69) is 5.32 Å². The zero-order valence-corrected chi connectivity index (χ0v) is 10.9. The van der Waals surface area contributed by atoms with Crippen molar-refractivity contribution in [1.82, 2.24) is 5.32 Å². The van der Waals surface area contributed by atoms with E-state index in [4.69, 9.17) is 4.74 Å². The van der Waals surface area contributed by atoms with E-state index in [1.807, 2.05) is 13.8 Å². The van der Waals surface area contributed by atoms with Crippen molar-refractivity contribution in [2.45, 2.75) is 57.2 Å². The second-order valence-electron chi connectivity index (χ2n) is 5.84. The lowest BCUT2D eigenvalue weighted by Crippen LogP contribution is -2.71. The van der Waals surface area contributed by atoms with Crippen LogP contribution in [-0.2, 0) is 4.74 Å². The van der Waals surface area contributed by atoms with Crippen molar-refractivity contribution in [3.8, 4) is 0 Å². The third-order valence-electron chi connectivity index (χ3n) is 4.66. The first-order valence-electron chi connectivity index (χ1n) is 6.71. The van der Waals surface area contributed by atoms with Crippen LogP contribution in [0.4, 0.5) is 0 Å². The van der Waals surface area contributed by atoms with Crippen LogP contribution in [0.15, 0.2) is 0 Å². The Hall–Kier alpha value is -0.160. The summed E-state index contributed by atoms with van der Waals surface area (Å²) in [5.74, 6) is 0. The Morgan fingerprint density at radius 3 is 2.41 bits per heavy atom. The summed E-state index contributed by atoms with van der Waals surface area (Å²) in [5, 5.41) is 22.1. The molecule has 2 aliphatic rings. The van der Waals surface area contributed by atoms with Crippen LogP contribution >= 0.6 is 0 Å². The predicted octanol–water partition coefficient (Wildman–Crippen LogP) is 0.667. The van der Waals surface area contributed by atoms with Crippen LogP contribution < -0.4 is 5.32 Å². The van der Waals surface area contributed by atoms with E-state index in [-0.39, 0.29) is 18.6 Å². The van der Waals surface area contributed by atoms with Crippen LogP contribution in [0.1, 0.15) is 39.5 Å². The smallest absolute Gasteiger partial charge is 0.0661 e. The Kier molecular flexibility index (Phi) is 3.78. The predicted molar refractivity (Wildman–Crippen MR) is 65.8 cm³/mol. The normalized spacial score (nSPS) is 31.1. The minimum atomic E-state index is -0.565. The third-order valence-corrected chi connectivity index (χ3v) is 4.66. The van der Waals surface area contributed by atoms with Crippen LogP contribution in [-0.4, -0.2) is 47.7 Å². The third kappa shape index (κ3) is 2.12. The summed E-state index contributed by atoms with van der Waals surface area (Å²) in [6.07, 6.45) is 5.07. The van der Waals surface area contributed by atoms with Gasteiger partial charge in [-0.15, -0.1) is 0 Å². The molecule has 100 valence electrons. The summed E-state index contributed by atoms with van der Waals surface area (Å²) in [4.78, 5) is 0. The second kappa shape index (κ2) is 4.84. The van der Waals surface area contributed by atoms with Crippen molar-refractivity contribution in [1.29, 1.82) is 0 Å².